The number of aromatic nitrogens is 2. The molecule has 1 aliphatic rings. The zero-order chi connectivity index (χ0) is 16.6. The van der Waals surface area contributed by atoms with Crippen molar-refractivity contribution in [1.29, 1.82) is 0 Å². The Balaban J connectivity index is 1.96. The van der Waals surface area contributed by atoms with Crippen LogP contribution in [0.25, 0.3) is 0 Å². The SMILES string of the molecule is CC1=CCC(C(=O)n2nc(C)cc2C)C(c2ccc(F)cc2)C1. The van der Waals surface area contributed by atoms with Crippen LogP contribution in [0, 0.1) is 25.6 Å². The molecule has 0 radical (unpaired) electrons. The number of benzene rings is 1. The Morgan fingerprint density at radius 3 is 2.52 bits per heavy atom. The normalized spacial score (nSPS) is 21.1. The summed E-state index contributed by atoms with van der Waals surface area (Å²) in [5, 5.41) is 4.33. The minimum atomic E-state index is -0.252. The summed E-state index contributed by atoms with van der Waals surface area (Å²) >= 11 is 0. The van der Waals surface area contributed by atoms with Crippen molar-refractivity contribution in [3.8, 4) is 0 Å². The van der Waals surface area contributed by atoms with Gasteiger partial charge in [-0.1, -0.05) is 23.8 Å². The van der Waals surface area contributed by atoms with Gasteiger partial charge in [0.25, 0.3) is 5.91 Å². The van der Waals surface area contributed by atoms with Gasteiger partial charge in [-0.05, 0) is 63.3 Å². The van der Waals surface area contributed by atoms with E-state index in [0.29, 0.717) is 6.42 Å². The minimum Gasteiger partial charge on any atom is -0.272 e. The summed E-state index contributed by atoms with van der Waals surface area (Å²) in [6.45, 7) is 5.87. The predicted octanol–water partition coefficient (Wildman–Crippen LogP) is 4.42. The van der Waals surface area contributed by atoms with Crippen LogP contribution in [-0.4, -0.2) is 15.7 Å². The average Bonchev–Trinajstić information content (AvgIpc) is 2.86. The summed E-state index contributed by atoms with van der Waals surface area (Å²) in [6, 6.07) is 8.43. The number of rotatable bonds is 2. The van der Waals surface area contributed by atoms with Crippen LogP contribution < -0.4 is 0 Å². The lowest BCUT2D eigenvalue weighted by Crippen LogP contribution is -2.30. The molecule has 2 unspecified atom stereocenters. The molecule has 0 N–H and O–H groups in total. The van der Waals surface area contributed by atoms with Crippen molar-refractivity contribution in [3.05, 3.63) is 64.7 Å². The zero-order valence-electron chi connectivity index (χ0n) is 13.7. The van der Waals surface area contributed by atoms with Gasteiger partial charge in [0, 0.05) is 5.69 Å². The summed E-state index contributed by atoms with van der Waals surface area (Å²) in [4.78, 5) is 13.0. The van der Waals surface area contributed by atoms with Gasteiger partial charge in [0.05, 0.1) is 11.6 Å². The molecule has 4 heteroatoms. The van der Waals surface area contributed by atoms with Crippen LogP contribution in [-0.2, 0) is 0 Å². The van der Waals surface area contributed by atoms with Gasteiger partial charge in [0.15, 0.2) is 0 Å². The molecule has 23 heavy (non-hydrogen) atoms. The number of carbonyl (C=O) groups excluding carboxylic acids is 1. The van der Waals surface area contributed by atoms with Gasteiger partial charge in [-0.3, -0.25) is 4.79 Å². The highest BCUT2D eigenvalue weighted by Crippen LogP contribution is 2.38. The van der Waals surface area contributed by atoms with Crippen molar-refractivity contribution >= 4 is 5.91 Å². The number of allylic oxidation sites excluding steroid dienone is 2. The molecule has 3 nitrogen and oxygen atoms in total. The van der Waals surface area contributed by atoms with E-state index >= 15 is 0 Å². The van der Waals surface area contributed by atoms with Crippen LogP contribution in [0.1, 0.15) is 47.4 Å². The summed E-state index contributed by atoms with van der Waals surface area (Å²) in [6.07, 6.45) is 3.65. The molecule has 0 amide bonds. The molecule has 1 aromatic carbocycles. The Hall–Kier alpha value is -2.23. The maximum Gasteiger partial charge on any atom is 0.251 e. The number of aryl methyl sites for hydroxylation is 2. The lowest BCUT2D eigenvalue weighted by molar-refractivity contribution is 0.0788. The first-order valence-corrected chi connectivity index (χ1v) is 7.94. The number of nitrogens with zero attached hydrogens (tertiary/aromatic N) is 2. The highest BCUT2D eigenvalue weighted by atomic mass is 19.1. The second kappa shape index (κ2) is 6.11. The first-order chi connectivity index (χ1) is 11.0. The molecule has 0 saturated heterocycles. The fourth-order valence-electron chi connectivity index (χ4n) is 3.41. The van der Waals surface area contributed by atoms with Crippen molar-refractivity contribution in [1.82, 2.24) is 9.78 Å². The van der Waals surface area contributed by atoms with E-state index < -0.39 is 0 Å². The Morgan fingerprint density at radius 2 is 1.91 bits per heavy atom. The topological polar surface area (TPSA) is 34.9 Å². The van der Waals surface area contributed by atoms with E-state index in [1.165, 1.54) is 22.4 Å². The molecule has 0 fully saturated rings. The van der Waals surface area contributed by atoms with Crippen LogP contribution >= 0.6 is 0 Å². The van der Waals surface area contributed by atoms with Crippen molar-refractivity contribution in [2.45, 2.75) is 39.5 Å². The zero-order valence-corrected chi connectivity index (χ0v) is 13.7. The van der Waals surface area contributed by atoms with Crippen molar-refractivity contribution in [2.75, 3.05) is 0 Å². The van der Waals surface area contributed by atoms with Gasteiger partial charge in [-0.25, -0.2) is 9.07 Å². The molecule has 0 saturated carbocycles. The molecular formula is C19H21FN2O. The van der Waals surface area contributed by atoms with Crippen LogP contribution in [0.2, 0.25) is 0 Å². The molecular weight excluding hydrogens is 291 g/mol. The quantitative estimate of drug-likeness (QED) is 0.769. The van der Waals surface area contributed by atoms with Crippen LogP contribution in [0.15, 0.2) is 42.0 Å². The third-order valence-electron chi connectivity index (χ3n) is 4.58. The van der Waals surface area contributed by atoms with E-state index in [0.717, 1.165) is 23.4 Å². The van der Waals surface area contributed by atoms with Gasteiger partial charge in [-0.2, -0.15) is 5.10 Å². The van der Waals surface area contributed by atoms with Crippen LogP contribution in [0.5, 0.6) is 0 Å². The largest absolute Gasteiger partial charge is 0.272 e. The van der Waals surface area contributed by atoms with Crippen molar-refractivity contribution < 1.29 is 9.18 Å². The molecule has 0 aliphatic heterocycles. The van der Waals surface area contributed by atoms with E-state index in [2.05, 4.69) is 18.1 Å². The van der Waals surface area contributed by atoms with E-state index in [1.54, 1.807) is 12.1 Å². The van der Waals surface area contributed by atoms with Gasteiger partial charge in [0.1, 0.15) is 5.82 Å². The van der Waals surface area contributed by atoms with E-state index in [4.69, 9.17) is 0 Å². The predicted molar refractivity (Wildman–Crippen MR) is 87.9 cm³/mol. The molecule has 2 atom stereocenters. The highest BCUT2D eigenvalue weighted by molar-refractivity contribution is 5.82. The molecule has 0 bridgehead atoms. The smallest absolute Gasteiger partial charge is 0.251 e. The maximum atomic E-state index is 13.2. The maximum absolute atomic E-state index is 13.2. The third-order valence-corrected chi connectivity index (χ3v) is 4.58. The first kappa shape index (κ1) is 15.7. The van der Waals surface area contributed by atoms with Crippen molar-refractivity contribution in [3.63, 3.8) is 0 Å². The minimum absolute atomic E-state index is 0.0219. The van der Waals surface area contributed by atoms with Crippen LogP contribution in [0.4, 0.5) is 4.39 Å². The van der Waals surface area contributed by atoms with E-state index in [-0.39, 0.29) is 23.6 Å². The van der Waals surface area contributed by atoms with Crippen LogP contribution in [0.3, 0.4) is 0 Å². The lowest BCUT2D eigenvalue weighted by atomic mass is 9.75. The molecule has 0 spiro atoms. The summed E-state index contributed by atoms with van der Waals surface area (Å²) < 4.78 is 14.7. The highest BCUT2D eigenvalue weighted by Gasteiger charge is 2.33. The second-order valence-electron chi connectivity index (χ2n) is 6.43. The van der Waals surface area contributed by atoms with Gasteiger partial charge >= 0.3 is 0 Å². The lowest BCUT2D eigenvalue weighted by Gasteiger charge is -2.30. The Bertz CT molecular complexity index is 758. The molecule has 120 valence electrons. The monoisotopic (exact) mass is 312 g/mol. The first-order valence-electron chi connectivity index (χ1n) is 7.94. The number of hydrogen-bond donors (Lipinski definition) is 0. The van der Waals surface area contributed by atoms with Gasteiger partial charge < -0.3 is 0 Å². The Kier molecular flexibility index (Phi) is 4.16. The Labute approximate surface area is 135 Å². The molecule has 2 aromatic rings. The third kappa shape index (κ3) is 3.11. The summed E-state index contributed by atoms with van der Waals surface area (Å²) in [7, 11) is 0. The van der Waals surface area contributed by atoms with Gasteiger partial charge in [0.2, 0.25) is 0 Å². The van der Waals surface area contributed by atoms with Gasteiger partial charge in [-0.15, -0.1) is 0 Å². The van der Waals surface area contributed by atoms with E-state index in [1.807, 2.05) is 19.9 Å². The Morgan fingerprint density at radius 1 is 1.22 bits per heavy atom. The fourth-order valence-corrected chi connectivity index (χ4v) is 3.41. The fraction of sp³-hybridized carbons (Fsp3) is 0.368. The molecule has 3 rings (SSSR count). The standard InChI is InChI=1S/C19H21FN2O/c1-12-4-9-17(19(23)22-14(3)11-13(2)21-22)18(10-12)15-5-7-16(20)8-6-15/h4-8,11,17-18H,9-10H2,1-3H3. The average molecular weight is 312 g/mol. The number of carbonyl (C=O) groups is 1. The molecule has 1 aliphatic carbocycles. The molecule has 1 heterocycles. The molecule has 1 aromatic heterocycles. The number of hydrogen-bond acceptors (Lipinski definition) is 2. The van der Waals surface area contributed by atoms with Crippen molar-refractivity contribution in [2.24, 2.45) is 5.92 Å². The second-order valence-corrected chi connectivity index (χ2v) is 6.43. The summed E-state index contributed by atoms with van der Waals surface area (Å²) in [5.41, 5.74) is 3.99. The van der Waals surface area contributed by atoms with E-state index in [9.17, 15) is 9.18 Å². The number of halogens is 1. The summed E-state index contributed by atoms with van der Waals surface area (Å²) in [5.74, 6) is -0.328.